The third-order valence-electron chi connectivity index (χ3n) is 3.15. The Bertz CT molecular complexity index is 186. The normalized spacial score (nSPS) is 33.0. The van der Waals surface area contributed by atoms with Gasteiger partial charge in [0.15, 0.2) is 0 Å². The van der Waals surface area contributed by atoms with Gasteiger partial charge in [0.25, 0.3) is 0 Å². The lowest BCUT2D eigenvalue weighted by atomic mass is 9.97. The highest BCUT2D eigenvalue weighted by atomic mass is 16.5. The van der Waals surface area contributed by atoms with Gasteiger partial charge in [0.05, 0.1) is 18.8 Å². The summed E-state index contributed by atoms with van der Waals surface area (Å²) in [5.74, 6) is 0.624. The number of aliphatic hydroxyl groups is 1. The molecule has 0 amide bonds. The highest BCUT2D eigenvalue weighted by Gasteiger charge is 2.26. The molecule has 0 saturated carbocycles. The van der Waals surface area contributed by atoms with Gasteiger partial charge >= 0.3 is 0 Å². The van der Waals surface area contributed by atoms with Crippen molar-refractivity contribution in [3.05, 3.63) is 0 Å². The van der Waals surface area contributed by atoms with E-state index in [9.17, 15) is 5.11 Å². The minimum atomic E-state index is 0.234. The molecule has 1 saturated heterocycles. The molecule has 1 aliphatic heterocycles. The van der Waals surface area contributed by atoms with E-state index in [1.54, 1.807) is 0 Å². The molecular weight excluding hydrogens is 202 g/mol. The fourth-order valence-electron chi connectivity index (χ4n) is 2.64. The molecule has 1 heterocycles. The summed E-state index contributed by atoms with van der Waals surface area (Å²) < 4.78 is 5.71. The Labute approximate surface area is 99.6 Å². The molecule has 0 aromatic heterocycles. The minimum absolute atomic E-state index is 0.234. The second-order valence-corrected chi connectivity index (χ2v) is 5.60. The maximum Gasteiger partial charge on any atom is 0.0584 e. The molecule has 1 rings (SSSR count). The first-order valence-electron chi connectivity index (χ1n) is 6.53. The number of ether oxygens (including phenoxy) is 1. The Morgan fingerprint density at radius 3 is 2.25 bits per heavy atom. The molecule has 2 N–H and O–H groups in total. The molecular formula is C13H27NO2. The lowest BCUT2D eigenvalue weighted by Gasteiger charge is -2.35. The Balaban J connectivity index is 2.38. The fourth-order valence-corrected chi connectivity index (χ4v) is 2.64. The Morgan fingerprint density at radius 2 is 1.81 bits per heavy atom. The molecule has 0 aliphatic carbocycles. The van der Waals surface area contributed by atoms with Gasteiger partial charge in [-0.15, -0.1) is 0 Å². The van der Waals surface area contributed by atoms with Crippen LogP contribution in [0.4, 0.5) is 0 Å². The van der Waals surface area contributed by atoms with E-state index in [-0.39, 0.29) is 12.6 Å². The zero-order chi connectivity index (χ0) is 12.1. The number of aliphatic hydroxyl groups excluding tert-OH is 1. The van der Waals surface area contributed by atoms with Crippen molar-refractivity contribution in [2.45, 2.75) is 71.2 Å². The molecule has 0 radical (unpaired) electrons. The zero-order valence-corrected chi connectivity index (χ0v) is 11.1. The Morgan fingerprint density at radius 1 is 1.25 bits per heavy atom. The fraction of sp³-hybridized carbons (Fsp3) is 1.00. The minimum Gasteiger partial charge on any atom is -0.395 e. The summed E-state index contributed by atoms with van der Waals surface area (Å²) >= 11 is 0. The van der Waals surface area contributed by atoms with Crippen molar-refractivity contribution in [1.82, 2.24) is 5.32 Å². The molecule has 0 aromatic carbocycles. The Kier molecular flexibility index (Phi) is 5.73. The molecule has 0 spiro atoms. The molecule has 1 fully saturated rings. The first-order valence-corrected chi connectivity index (χ1v) is 6.53. The van der Waals surface area contributed by atoms with Crippen LogP contribution in [0.3, 0.4) is 0 Å². The number of hydrogen-bond donors (Lipinski definition) is 2. The topological polar surface area (TPSA) is 41.5 Å². The van der Waals surface area contributed by atoms with Gasteiger partial charge in [0.2, 0.25) is 0 Å². The van der Waals surface area contributed by atoms with Crippen LogP contribution in [0, 0.1) is 5.92 Å². The molecule has 3 nitrogen and oxygen atoms in total. The van der Waals surface area contributed by atoms with Crippen LogP contribution in [-0.4, -0.2) is 36.0 Å². The van der Waals surface area contributed by atoms with Crippen LogP contribution in [0.1, 0.15) is 47.0 Å². The first kappa shape index (κ1) is 13.9. The molecule has 3 unspecified atom stereocenters. The average Bonchev–Trinajstić information content (AvgIpc) is 2.14. The van der Waals surface area contributed by atoms with E-state index in [0.717, 1.165) is 19.3 Å². The third-order valence-corrected chi connectivity index (χ3v) is 3.15. The summed E-state index contributed by atoms with van der Waals surface area (Å²) in [5.41, 5.74) is 0. The van der Waals surface area contributed by atoms with Crippen LogP contribution in [-0.2, 0) is 4.74 Å². The van der Waals surface area contributed by atoms with E-state index in [1.165, 1.54) is 0 Å². The van der Waals surface area contributed by atoms with E-state index in [2.05, 4.69) is 33.0 Å². The zero-order valence-electron chi connectivity index (χ0n) is 11.1. The first-order chi connectivity index (χ1) is 7.51. The van der Waals surface area contributed by atoms with Gasteiger partial charge in [-0.1, -0.05) is 13.8 Å². The van der Waals surface area contributed by atoms with Crippen LogP contribution in [0.15, 0.2) is 0 Å². The monoisotopic (exact) mass is 229 g/mol. The molecule has 1 aliphatic rings. The van der Waals surface area contributed by atoms with Gasteiger partial charge < -0.3 is 15.2 Å². The smallest absolute Gasteiger partial charge is 0.0584 e. The van der Waals surface area contributed by atoms with Gasteiger partial charge in [-0.3, -0.25) is 0 Å². The second kappa shape index (κ2) is 6.58. The van der Waals surface area contributed by atoms with Crippen LogP contribution < -0.4 is 5.32 Å². The number of hydrogen-bond acceptors (Lipinski definition) is 3. The van der Waals surface area contributed by atoms with Gasteiger partial charge in [-0.2, -0.15) is 0 Å². The lowest BCUT2D eigenvalue weighted by Crippen LogP contribution is -2.47. The Hall–Kier alpha value is -0.120. The number of nitrogens with one attached hydrogen (secondary N) is 1. The molecule has 0 aromatic rings. The van der Waals surface area contributed by atoms with Gasteiger partial charge in [-0.25, -0.2) is 0 Å². The van der Waals surface area contributed by atoms with Crippen molar-refractivity contribution >= 4 is 0 Å². The molecule has 96 valence electrons. The van der Waals surface area contributed by atoms with Crippen LogP contribution in [0.25, 0.3) is 0 Å². The average molecular weight is 229 g/mol. The predicted octanol–water partition coefficient (Wildman–Crippen LogP) is 1.94. The SMILES string of the molecule is CC(C)CC(CO)NC1CC(C)OC(C)C1. The van der Waals surface area contributed by atoms with Crippen LogP contribution in [0.5, 0.6) is 0 Å². The van der Waals surface area contributed by atoms with Gasteiger partial charge in [0.1, 0.15) is 0 Å². The summed E-state index contributed by atoms with van der Waals surface area (Å²) in [5, 5.41) is 12.9. The molecule has 3 atom stereocenters. The van der Waals surface area contributed by atoms with Gasteiger partial charge in [-0.05, 0) is 39.0 Å². The molecule has 3 heteroatoms. The second-order valence-electron chi connectivity index (χ2n) is 5.60. The van der Waals surface area contributed by atoms with E-state index in [1.807, 2.05) is 0 Å². The third kappa shape index (κ3) is 4.81. The van der Waals surface area contributed by atoms with Crippen molar-refractivity contribution < 1.29 is 9.84 Å². The predicted molar refractivity (Wildman–Crippen MR) is 66.5 cm³/mol. The van der Waals surface area contributed by atoms with Crippen molar-refractivity contribution in [2.75, 3.05) is 6.61 Å². The highest BCUT2D eigenvalue weighted by molar-refractivity contribution is 4.82. The maximum absolute atomic E-state index is 9.34. The summed E-state index contributed by atoms with van der Waals surface area (Å²) in [4.78, 5) is 0. The van der Waals surface area contributed by atoms with Crippen molar-refractivity contribution in [2.24, 2.45) is 5.92 Å². The van der Waals surface area contributed by atoms with E-state index >= 15 is 0 Å². The number of rotatable bonds is 5. The summed E-state index contributed by atoms with van der Waals surface area (Å²) in [6.45, 7) is 8.87. The highest BCUT2D eigenvalue weighted by Crippen LogP contribution is 2.20. The van der Waals surface area contributed by atoms with Crippen molar-refractivity contribution in [3.63, 3.8) is 0 Å². The standard InChI is InChI=1S/C13H27NO2/c1-9(2)5-13(8-15)14-12-6-10(3)16-11(4)7-12/h9-15H,5-8H2,1-4H3. The van der Waals surface area contributed by atoms with Gasteiger partial charge in [0, 0.05) is 12.1 Å². The summed E-state index contributed by atoms with van der Waals surface area (Å²) in [6, 6.07) is 0.733. The van der Waals surface area contributed by atoms with Crippen LogP contribution >= 0.6 is 0 Å². The van der Waals surface area contributed by atoms with Crippen LogP contribution in [0.2, 0.25) is 0 Å². The van der Waals surface area contributed by atoms with Crippen molar-refractivity contribution in [3.8, 4) is 0 Å². The van der Waals surface area contributed by atoms with E-state index in [4.69, 9.17) is 4.74 Å². The lowest BCUT2D eigenvalue weighted by molar-refractivity contribution is -0.0447. The maximum atomic E-state index is 9.34. The quantitative estimate of drug-likeness (QED) is 0.757. The largest absolute Gasteiger partial charge is 0.395 e. The molecule has 0 bridgehead atoms. The van der Waals surface area contributed by atoms with Crippen molar-refractivity contribution in [1.29, 1.82) is 0 Å². The summed E-state index contributed by atoms with van der Waals surface area (Å²) in [6.07, 6.45) is 3.81. The molecule has 16 heavy (non-hydrogen) atoms. The summed E-state index contributed by atoms with van der Waals surface area (Å²) in [7, 11) is 0. The van der Waals surface area contributed by atoms with E-state index in [0.29, 0.717) is 24.2 Å². The van der Waals surface area contributed by atoms with E-state index < -0.39 is 0 Å².